The molecule has 0 aliphatic carbocycles. The third-order valence-corrected chi connectivity index (χ3v) is 2.90. The van der Waals surface area contributed by atoms with Crippen molar-refractivity contribution in [1.82, 2.24) is 5.43 Å². The molecule has 0 bridgehead atoms. The van der Waals surface area contributed by atoms with E-state index in [4.69, 9.17) is 4.74 Å². The number of carbonyl (C=O) groups is 1. The van der Waals surface area contributed by atoms with Gasteiger partial charge in [0.2, 0.25) is 0 Å². The summed E-state index contributed by atoms with van der Waals surface area (Å²) in [7, 11) is 1.42. The summed E-state index contributed by atoms with van der Waals surface area (Å²) in [6.45, 7) is 0. The molecule has 2 aromatic carbocycles. The predicted molar refractivity (Wildman–Crippen MR) is 82.8 cm³/mol. The van der Waals surface area contributed by atoms with Gasteiger partial charge in [0.15, 0.2) is 11.5 Å². The maximum absolute atomic E-state index is 11.9. The first kappa shape index (κ1) is 16.0. The Hall–Kier alpha value is -3.42. The molecule has 2 aromatic rings. The van der Waals surface area contributed by atoms with Crippen molar-refractivity contribution in [1.29, 1.82) is 0 Å². The van der Waals surface area contributed by atoms with Gasteiger partial charge >= 0.3 is 0 Å². The Bertz CT molecular complexity index is 773. The lowest BCUT2D eigenvalue weighted by Crippen LogP contribution is -2.17. The zero-order valence-corrected chi connectivity index (χ0v) is 12.1. The molecule has 0 heterocycles. The number of rotatable bonds is 5. The largest absolute Gasteiger partial charge is 0.504 e. The van der Waals surface area contributed by atoms with Gasteiger partial charge in [0, 0.05) is 17.7 Å². The number of non-ortho nitro benzene ring substituents is 1. The van der Waals surface area contributed by atoms with Crippen molar-refractivity contribution in [3.05, 3.63) is 63.7 Å². The molecule has 0 aromatic heterocycles. The number of phenolic OH excluding ortho intramolecular Hbond substituents is 1. The smallest absolute Gasteiger partial charge is 0.271 e. The lowest BCUT2D eigenvalue weighted by atomic mass is 10.2. The first-order valence-electron chi connectivity index (χ1n) is 6.46. The Morgan fingerprint density at radius 1 is 1.35 bits per heavy atom. The monoisotopic (exact) mass is 315 g/mol. The molecule has 0 saturated carbocycles. The minimum atomic E-state index is -0.581. The molecule has 1 amide bonds. The lowest BCUT2D eigenvalue weighted by molar-refractivity contribution is -0.384. The van der Waals surface area contributed by atoms with Gasteiger partial charge in [-0.25, -0.2) is 5.43 Å². The number of ether oxygens (including phenoxy) is 1. The summed E-state index contributed by atoms with van der Waals surface area (Å²) in [6.07, 6.45) is 1.36. The molecule has 118 valence electrons. The van der Waals surface area contributed by atoms with Gasteiger partial charge in [-0.3, -0.25) is 14.9 Å². The number of nitro benzene ring substituents is 1. The van der Waals surface area contributed by atoms with Crippen LogP contribution >= 0.6 is 0 Å². The molecular formula is C15H13N3O5. The average Bonchev–Trinajstić information content (AvgIpc) is 2.56. The number of hydrazone groups is 1. The summed E-state index contributed by atoms with van der Waals surface area (Å²) in [5, 5.41) is 23.9. The first-order valence-corrected chi connectivity index (χ1v) is 6.46. The number of nitrogens with zero attached hydrogens (tertiary/aromatic N) is 2. The number of aromatic hydroxyl groups is 1. The molecular weight excluding hydrogens is 302 g/mol. The Labute approximate surface area is 131 Å². The van der Waals surface area contributed by atoms with E-state index in [9.17, 15) is 20.0 Å². The fourth-order valence-corrected chi connectivity index (χ4v) is 1.77. The summed E-state index contributed by atoms with van der Waals surface area (Å²) < 4.78 is 4.96. The van der Waals surface area contributed by atoms with E-state index in [0.29, 0.717) is 5.56 Å². The van der Waals surface area contributed by atoms with E-state index >= 15 is 0 Å². The van der Waals surface area contributed by atoms with Gasteiger partial charge in [-0.15, -0.1) is 0 Å². The van der Waals surface area contributed by atoms with Crippen LogP contribution in [0.2, 0.25) is 0 Å². The van der Waals surface area contributed by atoms with Crippen LogP contribution in [-0.2, 0) is 0 Å². The second-order valence-corrected chi connectivity index (χ2v) is 4.44. The number of amides is 1. The van der Waals surface area contributed by atoms with Gasteiger partial charge in [-0.05, 0) is 29.8 Å². The Kier molecular flexibility index (Phi) is 4.88. The SMILES string of the molecule is COc1cc(/C=N/NC(=O)c2cccc([N+](=O)[O-])c2)ccc1O. The molecule has 8 heteroatoms. The lowest BCUT2D eigenvalue weighted by Gasteiger charge is -2.03. The normalized spacial score (nSPS) is 10.5. The van der Waals surface area contributed by atoms with Crippen molar-refractivity contribution in [3.63, 3.8) is 0 Å². The summed E-state index contributed by atoms with van der Waals surface area (Å²) >= 11 is 0. The number of nitro groups is 1. The summed E-state index contributed by atoms with van der Waals surface area (Å²) in [4.78, 5) is 22.0. The summed E-state index contributed by atoms with van der Waals surface area (Å²) in [5.74, 6) is -0.306. The van der Waals surface area contributed by atoms with E-state index in [1.165, 1.54) is 37.6 Å². The Balaban J connectivity index is 2.06. The number of benzene rings is 2. The molecule has 0 atom stereocenters. The highest BCUT2D eigenvalue weighted by atomic mass is 16.6. The van der Waals surface area contributed by atoms with Crippen LogP contribution in [0.15, 0.2) is 47.6 Å². The third-order valence-electron chi connectivity index (χ3n) is 2.90. The number of hydrogen-bond acceptors (Lipinski definition) is 6. The highest BCUT2D eigenvalue weighted by Crippen LogP contribution is 2.25. The van der Waals surface area contributed by atoms with Crippen molar-refractivity contribution in [2.24, 2.45) is 5.10 Å². The fraction of sp³-hybridized carbons (Fsp3) is 0.0667. The highest BCUT2D eigenvalue weighted by molar-refractivity contribution is 5.95. The number of hydrogen-bond donors (Lipinski definition) is 2. The third kappa shape index (κ3) is 4.03. The van der Waals surface area contributed by atoms with E-state index in [-0.39, 0.29) is 22.7 Å². The van der Waals surface area contributed by atoms with Gasteiger partial charge in [0.05, 0.1) is 18.2 Å². The van der Waals surface area contributed by atoms with E-state index in [1.807, 2.05) is 0 Å². The highest BCUT2D eigenvalue weighted by Gasteiger charge is 2.10. The van der Waals surface area contributed by atoms with Crippen molar-refractivity contribution in [2.75, 3.05) is 7.11 Å². The molecule has 0 saturated heterocycles. The fourth-order valence-electron chi connectivity index (χ4n) is 1.77. The van der Waals surface area contributed by atoms with E-state index < -0.39 is 10.8 Å². The van der Waals surface area contributed by atoms with Crippen molar-refractivity contribution in [2.45, 2.75) is 0 Å². The van der Waals surface area contributed by atoms with Gasteiger partial charge in [-0.1, -0.05) is 6.07 Å². The van der Waals surface area contributed by atoms with Gasteiger partial charge < -0.3 is 9.84 Å². The van der Waals surface area contributed by atoms with E-state index in [1.54, 1.807) is 12.1 Å². The topological polar surface area (TPSA) is 114 Å². The predicted octanol–water partition coefficient (Wildman–Crippen LogP) is 2.07. The number of carbonyl (C=O) groups excluding carboxylic acids is 1. The molecule has 0 radical (unpaired) electrons. The minimum Gasteiger partial charge on any atom is -0.504 e. The van der Waals surface area contributed by atoms with Crippen LogP contribution in [0.25, 0.3) is 0 Å². The molecule has 8 nitrogen and oxygen atoms in total. The molecule has 2 rings (SSSR count). The molecule has 0 aliphatic heterocycles. The second kappa shape index (κ2) is 7.03. The molecule has 0 aliphatic rings. The number of phenols is 1. The van der Waals surface area contributed by atoms with Crippen LogP contribution in [0.4, 0.5) is 5.69 Å². The van der Waals surface area contributed by atoms with Crippen LogP contribution < -0.4 is 10.2 Å². The number of nitrogens with one attached hydrogen (secondary N) is 1. The average molecular weight is 315 g/mol. The van der Waals surface area contributed by atoms with E-state index in [2.05, 4.69) is 10.5 Å². The zero-order chi connectivity index (χ0) is 16.8. The first-order chi connectivity index (χ1) is 11.0. The standard InChI is InChI=1S/C15H13N3O5/c1-23-14-7-10(5-6-13(14)19)9-16-17-15(20)11-3-2-4-12(8-11)18(21)22/h2-9,19H,1H3,(H,17,20)/b16-9+. The van der Waals surface area contributed by atoms with Gasteiger partial charge in [0.25, 0.3) is 11.6 Å². The van der Waals surface area contributed by atoms with Crippen molar-refractivity contribution in [3.8, 4) is 11.5 Å². The van der Waals surface area contributed by atoms with Crippen LogP contribution in [0, 0.1) is 10.1 Å². The van der Waals surface area contributed by atoms with Crippen LogP contribution in [0.5, 0.6) is 11.5 Å². The van der Waals surface area contributed by atoms with Gasteiger partial charge in [0.1, 0.15) is 0 Å². The maximum atomic E-state index is 11.9. The molecule has 2 N–H and O–H groups in total. The minimum absolute atomic E-state index is 0.00900. The molecule has 0 spiro atoms. The van der Waals surface area contributed by atoms with Gasteiger partial charge in [-0.2, -0.15) is 5.10 Å². The molecule has 0 fully saturated rings. The molecule has 0 unspecified atom stereocenters. The Morgan fingerprint density at radius 2 is 2.13 bits per heavy atom. The Morgan fingerprint density at radius 3 is 2.83 bits per heavy atom. The van der Waals surface area contributed by atoms with E-state index in [0.717, 1.165) is 6.07 Å². The zero-order valence-electron chi connectivity index (χ0n) is 12.1. The second-order valence-electron chi connectivity index (χ2n) is 4.44. The van der Waals surface area contributed by atoms with Crippen LogP contribution in [-0.4, -0.2) is 29.3 Å². The quantitative estimate of drug-likeness (QED) is 0.498. The van der Waals surface area contributed by atoms with Crippen LogP contribution in [0.1, 0.15) is 15.9 Å². The van der Waals surface area contributed by atoms with Crippen molar-refractivity contribution >= 4 is 17.8 Å². The van der Waals surface area contributed by atoms with Crippen LogP contribution in [0.3, 0.4) is 0 Å². The summed E-state index contributed by atoms with van der Waals surface area (Å²) in [6, 6.07) is 9.88. The van der Waals surface area contributed by atoms with Crippen molar-refractivity contribution < 1.29 is 19.6 Å². The maximum Gasteiger partial charge on any atom is 0.271 e. The summed E-state index contributed by atoms with van der Waals surface area (Å²) in [5.41, 5.74) is 2.82. The number of methoxy groups -OCH3 is 1. The molecule has 23 heavy (non-hydrogen) atoms.